The largest absolute Gasteiger partial charge is 0.493 e. The van der Waals surface area contributed by atoms with E-state index in [9.17, 15) is 4.79 Å². The number of aryl methyl sites for hydroxylation is 2. The lowest BCUT2D eigenvalue weighted by molar-refractivity contribution is 0.0729. The van der Waals surface area contributed by atoms with Crippen molar-refractivity contribution in [3.63, 3.8) is 0 Å². The molecule has 1 amide bonds. The van der Waals surface area contributed by atoms with Gasteiger partial charge in [0.05, 0.1) is 25.2 Å². The third-order valence-corrected chi connectivity index (χ3v) is 4.53. The minimum absolute atomic E-state index is 0.0395. The zero-order valence-electron chi connectivity index (χ0n) is 15.2. The average molecular weight is 342 g/mol. The normalized spacial score (nSPS) is 13.4. The highest BCUT2D eigenvalue weighted by molar-refractivity contribution is 5.94. The highest BCUT2D eigenvalue weighted by atomic mass is 16.5. The predicted molar refractivity (Wildman–Crippen MR) is 96.9 cm³/mol. The summed E-state index contributed by atoms with van der Waals surface area (Å²) in [7, 11) is 4.03. The number of carbonyl (C=O) groups is 1. The first-order valence-corrected chi connectivity index (χ1v) is 8.73. The molecule has 0 unspecified atom stereocenters. The third-order valence-electron chi connectivity index (χ3n) is 4.53. The maximum atomic E-state index is 13.1. The van der Waals surface area contributed by atoms with Crippen molar-refractivity contribution in [3.8, 4) is 5.75 Å². The summed E-state index contributed by atoms with van der Waals surface area (Å²) in [6, 6.07) is 5.77. The number of ether oxygens (including phenoxy) is 1. The van der Waals surface area contributed by atoms with Crippen LogP contribution in [0.2, 0.25) is 0 Å². The van der Waals surface area contributed by atoms with E-state index in [4.69, 9.17) is 4.74 Å². The number of hydrogen-bond donors (Lipinski definition) is 1. The van der Waals surface area contributed by atoms with Crippen LogP contribution in [0.3, 0.4) is 0 Å². The first kappa shape index (κ1) is 17.5. The van der Waals surface area contributed by atoms with E-state index < -0.39 is 0 Å². The van der Waals surface area contributed by atoms with Gasteiger partial charge in [0.25, 0.3) is 5.91 Å². The molecule has 0 radical (unpaired) electrons. The molecule has 1 aromatic heterocycles. The van der Waals surface area contributed by atoms with Gasteiger partial charge < -0.3 is 19.5 Å². The number of fused-ring (bicyclic) bond motifs is 1. The predicted octanol–water partition coefficient (Wildman–Crippen LogP) is 2.25. The fraction of sp³-hybridized carbons (Fsp3) is 0.474. The van der Waals surface area contributed by atoms with Gasteiger partial charge in [-0.3, -0.25) is 4.79 Å². The summed E-state index contributed by atoms with van der Waals surface area (Å²) >= 11 is 0. The first-order valence-electron chi connectivity index (χ1n) is 8.73. The maximum Gasteiger partial charge on any atom is 0.254 e. The van der Waals surface area contributed by atoms with Gasteiger partial charge in [0.15, 0.2) is 0 Å². The number of carbonyl (C=O) groups excluding carboxylic acids is 1. The van der Waals surface area contributed by atoms with Gasteiger partial charge in [-0.1, -0.05) is 0 Å². The molecule has 6 nitrogen and oxygen atoms in total. The van der Waals surface area contributed by atoms with Gasteiger partial charge in [0.2, 0.25) is 0 Å². The zero-order chi connectivity index (χ0) is 17.8. The molecular formula is C19H26N4O2. The standard InChI is InChI=1S/C19H26N4O2/c1-14-17(21-13-20-14)12-23(9-8-22(2)3)19(24)16-6-7-18-15(11-16)5-4-10-25-18/h6-7,11,13H,4-5,8-10,12H2,1-3H3,(H,20,21). The van der Waals surface area contributed by atoms with Gasteiger partial charge in [-0.15, -0.1) is 0 Å². The molecule has 25 heavy (non-hydrogen) atoms. The molecular weight excluding hydrogens is 316 g/mol. The number of imidazole rings is 1. The Labute approximate surface area is 148 Å². The first-order chi connectivity index (χ1) is 12.0. The number of benzene rings is 1. The van der Waals surface area contributed by atoms with Crippen LogP contribution in [0.5, 0.6) is 5.75 Å². The molecule has 1 aliphatic rings. The quantitative estimate of drug-likeness (QED) is 0.875. The highest BCUT2D eigenvalue weighted by Gasteiger charge is 2.20. The maximum absolute atomic E-state index is 13.1. The molecule has 1 aliphatic heterocycles. The van der Waals surface area contributed by atoms with Gasteiger partial charge in [-0.05, 0) is 57.6 Å². The monoisotopic (exact) mass is 342 g/mol. The summed E-state index contributed by atoms with van der Waals surface area (Å²) in [6.45, 7) is 4.71. The molecule has 0 bridgehead atoms. The second-order valence-corrected chi connectivity index (χ2v) is 6.78. The molecule has 0 atom stereocenters. The summed E-state index contributed by atoms with van der Waals surface area (Å²) in [6.07, 6.45) is 3.64. The molecule has 1 aromatic carbocycles. The van der Waals surface area contributed by atoms with Crippen LogP contribution in [0, 0.1) is 6.92 Å². The van der Waals surface area contributed by atoms with Gasteiger partial charge >= 0.3 is 0 Å². The molecule has 0 spiro atoms. The molecule has 2 aromatic rings. The van der Waals surface area contributed by atoms with Crippen LogP contribution < -0.4 is 4.74 Å². The molecule has 6 heteroatoms. The Bertz CT molecular complexity index is 739. The van der Waals surface area contributed by atoms with Crippen LogP contribution in [0.15, 0.2) is 24.5 Å². The third kappa shape index (κ3) is 4.20. The second-order valence-electron chi connectivity index (χ2n) is 6.78. The summed E-state index contributed by atoms with van der Waals surface area (Å²) in [4.78, 5) is 24.5. The number of rotatable bonds is 6. The fourth-order valence-electron chi connectivity index (χ4n) is 2.98. The number of aromatic amines is 1. The van der Waals surface area contributed by atoms with Gasteiger partial charge in [0, 0.05) is 24.3 Å². The van der Waals surface area contributed by atoms with Gasteiger partial charge in [-0.2, -0.15) is 0 Å². The summed E-state index contributed by atoms with van der Waals surface area (Å²) in [5, 5.41) is 0. The van der Waals surface area contributed by atoms with Crippen LogP contribution in [0.25, 0.3) is 0 Å². The SMILES string of the molecule is Cc1[nH]cnc1CN(CCN(C)C)C(=O)c1ccc2c(c1)CCCO2. The van der Waals surface area contributed by atoms with Crippen LogP contribution in [0.1, 0.15) is 33.7 Å². The van der Waals surface area contributed by atoms with E-state index in [1.165, 1.54) is 0 Å². The number of nitrogens with one attached hydrogen (secondary N) is 1. The van der Waals surface area contributed by atoms with Crippen molar-refractivity contribution in [1.82, 2.24) is 19.8 Å². The molecule has 3 rings (SSSR count). The number of nitrogens with zero attached hydrogens (tertiary/aromatic N) is 3. The lowest BCUT2D eigenvalue weighted by atomic mass is 10.0. The van der Waals surface area contributed by atoms with E-state index in [1.54, 1.807) is 6.33 Å². The minimum Gasteiger partial charge on any atom is -0.493 e. The Hall–Kier alpha value is -2.34. The number of H-pyrrole nitrogens is 1. The Morgan fingerprint density at radius 3 is 2.88 bits per heavy atom. The molecule has 1 N–H and O–H groups in total. The van der Waals surface area contributed by atoms with Gasteiger partial charge in [-0.25, -0.2) is 4.98 Å². The van der Waals surface area contributed by atoms with E-state index in [2.05, 4.69) is 14.9 Å². The molecule has 2 heterocycles. The van der Waals surface area contributed by atoms with E-state index in [0.29, 0.717) is 13.1 Å². The number of likely N-dealkylation sites (N-methyl/N-ethyl adjacent to an activating group) is 1. The lowest BCUT2D eigenvalue weighted by Crippen LogP contribution is -2.36. The van der Waals surface area contributed by atoms with Crippen molar-refractivity contribution in [1.29, 1.82) is 0 Å². The van der Waals surface area contributed by atoms with Crippen LogP contribution in [-0.2, 0) is 13.0 Å². The Balaban J connectivity index is 1.81. The lowest BCUT2D eigenvalue weighted by Gasteiger charge is -2.25. The summed E-state index contributed by atoms with van der Waals surface area (Å²) in [5.41, 5.74) is 3.76. The Kier molecular flexibility index (Phi) is 5.38. The smallest absolute Gasteiger partial charge is 0.254 e. The molecule has 134 valence electrons. The molecule has 0 saturated carbocycles. The van der Waals surface area contributed by atoms with Crippen molar-refractivity contribution < 1.29 is 9.53 Å². The number of hydrogen-bond acceptors (Lipinski definition) is 4. The van der Waals surface area contributed by atoms with Crippen LogP contribution in [0.4, 0.5) is 0 Å². The van der Waals surface area contributed by atoms with Crippen LogP contribution >= 0.6 is 0 Å². The van der Waals surface area contributed by atoms with Crippen molar-refractivity contribution in [2.24, 2.45) is 0 Å². The van der Waals surface area contributed by atoms with E-state index >= 15 is 0 Å². The molecule has 0 saturated heterocycles. The van der Waals surface area contributed by atoms with E-state index in [0.717, 1.165) is 54.3 Å². The fourth-order valence-corrected chi connectivity index (χ4v) is 2.98. The van der Waals surface area contributed by atoms with E-state index in [1.807, 2.05) is 44.1 Å². The van der Waals surface area contributed by atoms with Crippen molar-refractivity contribution in [3.05, 3.63) is 47.0 Å². The molecule has 0 fully saturated rings. The van der Waals surface area contributed by atoms with Crippen molar-refractivity contribution in [2.75, 3.05) is 33.8 Å². The second kappa shape index (κ2) is 7.70. The minimum atomic E-state index is 0.0395. The van der Waals surface area contributed by atoms with E-state index in [-0.39, 0.29) is 5.91 Å². The Morgan fingerprint density at radius 2 is 2.16 bits per heavy atom. The van der Waals surface area contributed by atoms with Crippen molar-refractivity contribution in [2.45, 2.75) is 26.3 Å². The number of amides is 1. The van der Waals surface area contributed by atoms with Crippen molar-refractivity contribution >= 4 is 5.91 Å². The zero-order valence-corrected chi connectivity index (χ0v) is 15.2. The van der Waals surface area contributed by atoms with Gasteiger partial charge in [0.1, 0.15) is 5.75 Å². The highest BCUT2D eigenvalue weighted by Crippen LogP contribution is 2.26. The molecule has 0 aliphatic carbocycles. The topological polar surface area (TPSA) is 61.5 Å². The number of aromatic nitrogens is 2. The Morgan fingerprint density at radius 1 is 1.32 bits per heavy atom. The summed E-state index contributed by atoms with van der Waals surface area (Å²) in [5.74, 6) is 0.948. The van der Waals surface area contributed by atoms with Crippen LogP contribution in [-0.4, -0.2) is 59.5 Å². The average Bonchev–Trinajstić information content (AvgIpc) is 3.02. The summed E-state index contributed by atoms with van der Waals surface area (Å²) < 4.78 is 5.65.